The number of hydrogen-bond donors (Lipinski definition) is 1. The van der Waals surface area contributed by atoms with Crippen LogP contribution in [-0.2, 0) is 9.73 Å². The van der Waals surface area contributed by atoms with E-state index < -0.39 is 9.73 Å². The topological polar surface area (TPSA) is 58.5 Å². The third-order valence-electron chi connectivity index (χ3n) is 1.85. The van der Waals surface area contributed by atoms with Crippen LogP contribution in [0.3, 0.4) is 0 Å². The molecular formula is C10H15BrN2O2S2. The summed E-state index contributed by atoms with van der Waals surface area (Å²) in [4.78, 5) is 12.8. The third-order valence-corrected chi connectivity index (χ3v) is 4.41. The number of halogens is 1. The minimum Gasteiger partial charge on any atom is -0.350 e. The minimum absolute atomic E-state index is 0.130. The second-order valence-electron chi connectivity index (χ2n) is 3.83. The lowest BCUT2D eigenvalue weighted by Crippen LogP contribution is -2.26. The number of amides is 1. The van der Waals surface area contributed by atoms with E-state index in [1.807, 2.05) is 13.0 Å². The number of carbonyl (C=O) groups excluding carboxylic acids is 1. The molecular weight excluding hydrogens is 324 g/mol. The highest BCUT2D eigenvalue weighted by Gasteiger charge is 2.11. The Kier molecular flexibility index (Phi) is 5.15. The van der Waals surface area contributed by atoms with Crippen molar-refractivity contribution in [2.24, 2.45) is 4.36 Å². The van der Waals surface area contributed by atoms with Crippen molar-refractivity contribution in [3.63, 3.8) is 0 Å². The van der Waals surface area contributed by atoms with E-state index in [0.29, 0.717) is 18.7 Å². The molecule has 1 heterocycles. The molecule has 1 aromatic heterocycles. The fraction of sp³-hybridized carbons (Fsp3) is 0.500. The minimum atomic E-state index is -2.07. The van der Waals surface area contributed by atoms with Crippen LogP contribution in [0.15, 0.2) is 14.2 Å². The van der Waals surface area contributed by atoms with Crippen molar-refractivity contribution in [1.29, 1.82) is 0 Å². The van der Waals surface area contributed by atoms with Gasteiger partial charge in [0, 0.05) is 33.7 Å². The van der Waals surface area contributed by atoms with Crippen molar-refractivity contribution < 1.29 is 9.00 Å². The highest BCUT2D eigenvalue weighted by molar-refractivity contribution is 9.11. The lowest BCUT2D eigenvalue weighted by atomic mass is 10.3. The van der Waals surface area contributed by atoms with Crippen LogP contribution in [0.4, 0.5) is 0 Å². The molecule has 0 aliphatic heterocycles. The lowest BCUT2D eigenvalue weighted by molar-refractivity contribution is 0.0954. The summed E-state index contributed by atoms with van der Waals surface area (Å²) in [6.07, 6.45) is 3.15. The fourth-order valence-corrected chi connectivity index (χ4v) is 3.48. The Morgan fingerprint density at radius 2 is 2.24 bits per heavy atom. The molecule has 1 rings (SSSR count). The highest BCUT2D eigenvalue weighted by Crippen LogP contribution is 2.27. The first-order chi connectivity index (χ1) is 7.79. The van der Waals surface area contributed by atoms with Crippen LogP contribution in [0, 0.1) is 6.92 Å². The number of rotatable bonds is 4. The van der Waals surface area contributed by atoms with Gasteiger partial charge in [-0.2, -0.15) is 0 Å². The van der Waals surface area contributed by atoms with Crippen LogP contribution in [-0.4, -0.2) is 35.7 Å². The number of carbonyl (C=O) groups is 1. The van der Waals surface area contributed by atoms with Gasteiger partial charge in [-0.05, 0) is 28.9 Å². The Morgan fingerprint density at radius 3 is 2.71 bits per heavy atom. The maximum atomic E-state index is 11.8. The molecule has 0 saturated carbocycles. The molecule has 0 aromatic carbocycles. The zero-order valence-corrected chi connectivity index (χ0v) is 13.2. The van der Waals surface area contributed by atoms with Crippen molar-refractivity contribution >= 4 is 42.9 Å². The first-order valence-corrected chi connectivity index (χ1v) is 8.91. The van der Waals surface area contributed by atoms with Gasteiger partial charge < -0.3 is 5.32 Å². The molecule has 0 atom stereocenters. The van der Waals surface area contributed by atoms with Crippen LogP contribution in [0.1, 0.15) is 15.2 Å². The quantitative estimate of drug-likeness (QED) is 0.856. The van der Waals surface area contributed by atoms with E-state index in [-0.39, 0.29) is 5.91 Å². The maximum Gasteiger partial charge on any atom is 0.253 e. The summed E-state index contributed by atoms with van der Waals surface area (Å²) >= 11 is 4.87. The molecule has 1 N–H and O–H groups in total. The molecule has 0 spiro atoms. The molecule has 17 heavy (non-hydrogen) atoms. The van der Waals surface area contributed by atoms with Crippen molar-refractivity contribution in [1.82, 2.24) is 5.32 Å². The van der Waals surface area contributed by atoms with E-state index >= 15 is 0 Å². The number of hydrogen-bond acceptors (Lipinski definition) is 4. The molecule has 0 radical (unpaired) electrons. The van der Waals surface area contributed by atoms with Crippen LogP contribution in [0.25, 0.3) is 0 Å². The second kappa shape index (κ2) is 5.97. The molecule has 0 aliphatic rings. The summed E-state index contributed by atoms with van der Waals surface area (Å²) in [5.74, 6) is -0.130. The van der Waals surface area contributed by atoms with Gasteiger partial charge in [-0.15, -0.1) is 11.3 Å². The lowest BCUT2D eigenvalue weighted by Gasteiger charge is -2.02. The summed E-state index contributed by atoms with van der Waals surface area (Å²) in [6.45, 7) is 2.72. The van der Waals surface area contributed by atoms with Crippen molar-refractivity contribution in [3.05, 3.63) is 20.3 Å². The van der Waals surface area contributed by atoms with E-state index in [2.05, 4.69) is 25.6 Å². The largest absolute Gasteiger partial charge is 0.350 e. The molecule has 0 fully saturated rings. The standard InChI is InChI=1S/C10H15BrN2O2S2/c1-7-6-8(9(11)16-7)10(14)12-4-5-13-17(2,3)15/h6H,4-5H2,1-3H3,(H,12,14). The summed E-state index contributed by atoms with van der Waals surface area (Å²) in [5.41, 5.74) is 0.640. The molecule has 0 bridgehead atoms. The van der Waals surface area contributed by atoms with Gasteiger partial charge in [0.15, 0.2) is 0 Å². The molecule has 96 valence electrons. The van der Waals surface area contributed by atoms with Crippen molar-refractivity contribution in [3.8, 4) is 0 Å². The average Bonchev–Trinajstić information content (AvgIpc) is 2.51. The average molecular weight is 339 g/mol. The molecule has 7 heteroatoms. The summed E-state index contributed by atoms with van der Waals surface area (Å²) in [5, 5.41) is 2.74. The molecule has 0 unspecified atom stereocenters. The molecule has 0 saturated heterocycles. The highest BCUT2D eigenvalue weighted by atomic mass is 79.9. The van der Waals surface area contributed by atoms with Crippen molar-refractivity contribution in [2.75, 3.05) is 25.6 Å². The molecule has 1 aromatic rings. The fourth-order valence-electron chi connectivity index (χ4n) is 1.17. The molecule has 0 aliphatic carbocycles. The van der Waals surface area contributed by atoms with Crippen LogP contribution in [0.5, 0.6) is 0 Å². The van der Waals surface area contributed by atoms with E-state index in [4.69, 9.17) is 0 Å². The number of nitrogens with one attached hydrogen (secondary N) is 1. The van der Waals surface area contributed by atoms with Crippen LogP contribution >= 0.6 is 27.3 Å². The summed E-state index contributed by atoms with van der Waals surface area (Å²) in [6, 6.07) is 1.84. The first kappa shape index (κ1) is 14.7. The molecule has 1 amide bonds. The van der Waals surface area contributed by atoms with Gasteiger partial charge in [0.2, 0.25) is 0 Å². The predicted molar refractivity (Wildman–Crippen MR) is 76.4 cm³/mol. The number of nitrogens with zero attached hydrogens (tertiary/aromatic N) is 1. The van der Waals surface area contributed by atoms with E-state index in [9.17, 15) is 9.00 Å². The van der Waals surface area contributed by atoms with Gasteiger partial charge in [0.1, 0.15) is 0 Å². The van der Waals surface area contributed by atoms with E-state index in [1.54, 1.807) is 12.5 Å². The van der Waals surface area contributed by atoms with Gasteiger partial charge in [0.25, 0.3) is 5.91 Å². The van der Waals surface area contributed by atoms with E-state index in [0.717, 1.165) is 8.66 Å². The monoisotopic (exact) mass is 338 g/mol. The first-order valence-electron chi connectivity index (χ1n) is 4.96. The SMILES string of the molecule is Cc1cc(C(=O)NCCN=S(C)(C)=O)c(Br)s1. The van der Waals surface area contributed by atoms with Gasteiger partial charge in [-0.3, -0.25) is 9.00 Å². The Bertz CT molecular complexity index is 522. The van der Waals surface area contributed by atoms with Crippen LogP contribution < -0.4 is 5.32 Å². The van der Waals surface area contributed by atoms with Gasteiger partial charge in [0.05, 0.1) is 15.9 Å². The maximum absolute atomic E-state index is 11.8. The Labute approximate surface area is 114 Å². The van der Waals surface area contributed by atoms with Gasteiger partial charge >= 0.3 is 0 Å². The zero-order chi connectivity index (χ0) is 13.1. The molecule has 4 nitrogen and oxygen atoms in total. The zero-order valence-electron chi connectivity index (χ0n) is 9.95. The van der Waals surface area contributed by atoms with Crippen molar-refractivity contribution in [2.45, 2.75) is 6.92 Å². The van der Waals surface area contributed by atoms with Gasteiger partial charge in [-0.1, -0.05) is 0 Å². The number of aryl methyl sites for hydroxylation is 1. The normalized spacial score (nSPS) is 11.3. The Balaban J connectivity index is 2.52. The summed E-state index contributed by atoms with van der Waals surface area (Å²) in [7, 11) is -2.07. The summed E-state index contributed by atoms with van der Waals surface area (Å²) < 4.78 is 16.1. The van der Waals surface area contributed by atoms with Gasteiger partial charge in [-0.25, -0.2) is 4.36 Å². The third kappa shape index (κ3) is 5.18. The van der Waals surface area contributed by atoms with E-state index in [1.165, 1.54) is 11.3 Å². The second-order valence-corrected chi connectivity index (χ2v) is 9.03. The Morgan fingerprint density at radius 1 is 1.59 bits per heavy atom. The Hall–Kier alpha value is -0.400. The smallest absolute Gasteiger partial charge is 0.253 e. The predicted octanol–water partition coefficient (Wildman–Crippen LogP) is 2.28. The van der Waals surface area contributed by atoms with Crippen LogP contribution in [0.2, 0.25) is 0 Å². The number of thiophene rings is 1.